The van der Waals surface area contributed by atoms with Gasteiger partial charge in [0.1, 0.15) is 0 Å². The Hall–Kier alpha value is 0.710. The predicted molar refractivity (Wildman–Crippen MR) is 74.6 cm³/mol. The molecule has 0 aromatic carbocycles. The minimum absolute atomic E-state index is 0. The van der Waals surface area contributed by atoms with Crippen molar-refractivity contribution in [3.05, 3.63) is 0 Å². The van der Waals surface area contributed by atoms with Crippen LogP contribution in [0.15, 0.2) is 0 Å². The molecule has 0 bridgehead atoms. The second-order valence-corrected chi connectivity index (χ2v) is 9.27. The standard InChI is InChI=1S/C12H26N2Te.CH4/c1-9-10(2)14(12(6,7)8)15-13(9)11(3,4)5;/h9-10H,1-8H3;1H4. The molecule has 1 saturated heterocycles. The van der Waals surface area contributed by atoms with Crippen LogP contribution < -0.4 is 0 Å². The van der Waals surface area contributed by atoms with E-state index in [4.69, 9.17) is 0 Å². The van der Waals surface area contributed by atoms with Gasteiger partial charge >= 0.3 is 106 Å². The van der Waals surface area contributed by atoms with E-state index in [0.717, 1.165) is 0 Å². The number of rotatable bonds is 0. The van der Waals surface area contributed by atoms with E-state index in [2.05, 4.69) is 61.7 Å². The molecule has 16 heavy (non-hydrogen) atoms. The fourth-order valence-corrected chi connectivity index (χ4v) is 5.90. The Balaban J connectivity index is 0.00000225. The van der Waals surface area contributed by atoms with Crippen molar-refractivity contribution in [1.29, 1.82) is 0 Å². The van der Waals surface area contributed by atoms with Crippen LogP contribution in [0, 0.1) is 0 Å². The molecule has 0 aromatic rings. The summed E-state index contributed by atoms with van der Waals surface area (Å²) in [7, 11) is 0. The fourth-order valence-electron chi connectivity index (χ4n) is 2.10. The molecule has 0 aliphatic carbocycles. The Morgan fingerprint density at radius 3 is 1.12 bits per heavy atom. The van der Waals surface area contributed by atoms with E-state index in [0.29, 0.717) is 23.2 Å². The van der Waals surface area contributed by atoms with E-state index >= 15 is 0 Å². The van der Waals surface area contributed by atoms with Crippen LogP contribution in [0.2, 0.25) is 0 Å². The maximum atomic E-state index is 2.73. The molecule has 1 aliphatic heterocycles. The number of nitrogens with zero attached hydrogens (tertiary/aromatic N) is 2. The summed E-state index contributed by atoms with van der Waals surface area (Å²) in [6.45, 7) is 18.8. The fraction of sp³-hybridized carbons (Fsp3) is 1.00. The average molecular weight is 342 g/mol. The third-order valence-electron chi connectivity index (χ3n) is 2.94. The van der Waals surface area contributed by atoms with Crippen LogP contribution >= 0.6 is 0 Å². The van der Waals surface area contributed by atoms with E-state index in [-0.39, 0.29) is 28.9 Å². The molecular formula is C13H30N2Te. The molecule has 1 fully saturated rings. The van der Waals surface area contributed by atoms with Gasteiger partial charge in [0.15, 0.2) is 0 Å². The first kappa shape index (κ1) is 16.7. The van der Waals surface area contributed by atoms with Gasteiger partial charge in [-0.2, -0.15) is 0 Å². The van der Waals surface area contributed by atoms with Crippen molar-refractivity contribution in [2.24, 2.45) is 0 Å². The molecule has 0 aromatic heterocycles. The van der Waals surface area contributed by atoms with Crippen LogP contribution in [0.5, 0.6) is 0 Å². The third-order valence-corrected chi connectivity index (χ3v) is 8.97. The summed E-state index contributed by atoms with van der Waals surface area (Å²) in [5, 5.41) is 0. The Morgan fingerprint density at radius 1 is 0.750 bits per heavy atom. The molecule has 2 nitrogen and oxygen atoms in total. The summed E-state index contributed by atoms with van der Waals surface area (Å²) in [4.78, 5) is 0. The number of hydrogen-bond acceptors (Lipinski definition) is 2. The van der Waals surface area contributed by atoms with E-state index < -0.39 is 0 Å². The first-order chi connectivity index (χ1) is 6.55. The van der Waals surface area contributed by atoms with Gasteiger partial charge in [-0.3, -0.25) is 0 Å². The van der Waals surface area contributed by atoms with Gasteiger partial charge in [-0.25, -0.2) is 0 Å². The Bertz CT molecular complexity index is 203. The quantitative estimate of drug-likeness (QED) is 0.624. The summed E-state index contributed by atoms with van der Waals surface area (Å²) in [6.07, 6.45) is 0. The molecule has 0 amide bonds. The van der Waals surface area contributed by atoms with E-state index in [9.17, 15) is 0 Å². The van der Waals surface area contributed by atoms with Gasteiger partial charge in [0.05, 0.1) is 0 Å². The van der Waals surface area contributed by atoms with Crippen molar-refractivity contribution in [2.45, 2.75) is 86.0 Å². The van der Waals surface area contributed by atoms with Crippen molar-refractivity contribution in [3.8, 4) is 0 Å². The summed E-state index contributed by atoms with van der Waals surface area (Å²) in [5.74, 6) is 0. The second kappa shape index (κ2) is 5.14. The molecule has 0 spiro atoms. The molecule has 0 saturated carbocycles. The van der Waals surface area contributed by atoms with Crippen molar-refractivity contribution in [2.75, 3.05) is 0 Å². The topological polar surface area (TPSA) is 6.48 Å². The van der Waals surface area contributed by atoms with Crippen LogP contribution in [-0.4, -0.2) is 50.9 Å². The van der Waals surface area contributed by atoms with Crippen molar-refractivity contribution < 1.29 is 0 Å². The van der Waals surface area contributed by atoms with E-state index in [1.54, 1.807) is 0 Å². The Labute approximate surface area is 114 Å². The Morgan fingerprint density at radius 2 is 1.00 bits per heavy atom. The zero-order valence-corrected chi connectivity index (χ0v) is 13.8. The van der Waals surface area contributed by atoms with Gasteiger partial charge < -0.3 is 0 Å². The monoisotopic (exact) mass is 344 g/mol. The summed E-state index contributed by atoms with van der Waals surface area (Å²) in [6, 6.07) is 1.40. The zero-order chi connectivity index (χ0) is 12.0. The third kappa shape index (κ3) is 3.35. The van der Waals surface area contributed by atoms with Gasteiger partial charge in [-0.05, 0) is 0 Å². The van der Waals surface area contributed by atoms with Crippen molar-refractivity contribution >= 4 is 21.5 Å². The second-order valence-electron chi connectivity index (χ2n) is 6.56. The summed E-state index contributed by atoms with van der Waals surface area (Å²) in [5.41, 5.74) is 0.659. The first-order valence-electron chi connectivity index (χ1n) is 5.82. The number of hydrogen-bond donors (Lipinski definition) is 0. The molecule has 1 aliphatic rings. The van der Waals surface area contributed by atoms with Gasteiger partial charge in [-0.15, -0.1) is 0 Å². The van der Waals surface area contributed by atoms with Crippen LogP contribution in [0.3, 0.4) is 0 Å². The Kier molecular flexibility index (Phi) is 5.37. The molecule has 98 valence electrons. The summed E-state index contributed by atoms with van der Waals surface area (Å²) >= 11 is -0.179. The SMILES string of the molecule is C.CC1C(C)N(C(C)(C)C)[Te]N1C(C)(C)C. The van der Waals surface area contributed by atoms with E-state index in [1.165, 1.54) is 0 Å². The minimum atomic E-state index is -0.179. The van der Waals surface area contributed by atoms with Crippen LogP contribution in [0.25, 0.3) is 0 Å². The molecule has 0 radical (unpaired) electrons. The zero-order valence-electron chi connectivity index (χ0n) is 11.5. The molecule has 1 rings (SSSR count). The van der Waals surface area contributed by atoms with Crippen molar-refractivity contribution in [1.82, 2.24) is 6.30 Å². The predicted octanol–water partition coefficient (Wildman–Crippen LogP) is 3.15. The summed E-state index contributed by atoms with van der Waals surface area (Å²) < 4.78 is 5.46. The van der Waals surface area contributed by atoms with E-state index in [1.807, 2.05) is 0 Å². The van der Waals surface area contributed by atoms with Crippen LogP contribution in [-0.2, 0) is 0 Å². The van der Waals surface area contributed by atoms with Gasteiger partial charge in [0, 0.05) is 0 Å². The maximum absolute atomic E-state index is 2.73. The average Bonchev–Trinajstić information content (AvgIpc) is 2.26. The molecule has 0 N–H and O–H groups in total. The van der Waals surface area contributed by atoms with Gasteiger partial charge in [0.2, 0.25) is 0 Å². The van der Waals surface area contributed by atoms with Gasteiger partial charge in [-0.1, -0.05) is 7.43 Å². The van der Waals surface area contributed by atoms with Crippen LogP contribution in [0.4, 0.5) is 0 Å². The normalized spacial score (nSPS) is 29.2. The first-order valence-corrected chi connectivity index (χ1v) is 7.90. The van der Waals surface area contributed by atoms with Gasteiger partial charge in [0.25, 0.3) is 0 Å². The van der Waals surface area contributed by atoms with Crippen LogP contribution in [0.1, 0.15) is 62.8 Å². The van der Waals surface area contributed by atoms with Crippen molar-refractivity contribution in [3.63, 3.8) is 0 Å². The molecule has 3 heteroatoms. The molecule has 2 atom stereocenters. The molecule has 1 heterocycles. The molecular weight excluding hydrogens is 312 g/mol. The molecule has 2 unspecified atom stereocenters.